The van der Waals surface area contributed by atoms with Crippen LogP contribution in [0, 0.1) is 0 Å². The van der Waals surface area contributed by atoms with Crippen LogP contribution in [0.4, 0.5) is 0 Å². The van der Waals surface area contributed by atoms with Crippen LogP contribution in [-0.2, 0) is 17.6 Å². The maximum Gasteiger partial charge on any atom is 0.223 e. The van der Waals surface area contributed by atoms with E-state index >= 15 is 0 Å². The first-order valence-corrected chi connectivity index (χ1v) is 7.32. The van der Waals surface area contributed by atoms with E-state index in [-0.39, 0.29) is 24.4 Å². The van der Waals surface area contributed by atoms with E-state index in [1.807, 2.05) is 4.90 Å². The molecule has 4 heteroatoms. The second-order valence-corrected chi connectivity index (χ2v) is 5.29. The van der Waals surface area contributed by atoms with E-state index in [2.05, 4.69) is 31.2 Å². The highest BCUT2D eigenvalue weighted by Crippen LogP contribution is 2.18. The quantitative estimate of drug-likeness (QED) is 0.908. The minimum atomic E-state index is 0. The number of nitrogens with two attached hydrogens (primary N) is 1. The Morgan fingerprint density at radius 2 is 1.95 bits per heavy atom. The largest absolute Gasteiger partial charge is 0.338 e. The molecule has 1 heterocycles. The van der Waals surface area contributed by atoms with Gasteiger partial charge in [0, 0.05) is 25.6 Å². The summed E-state index contributed by atoms with van der Waals surface area (Å²) >= 11 is 0. The zero-order valence-electron chi connectivity index (χ0n) is 12.2. The fraction of sp³-hybridized carbons (Fsp3) is 0.562. The maximum atomic E-state index is 12.2. The lowest BCUT2D eigenvalue weighted by Gasteiger charge is -2.23. The molecule has 1 aliphatic rings. The number of carbonyl (C=O) groups is 1. The number of rotatable bonds is 5. The van der Waals surface area contributed by atoms with E-state index < -0.39 is 0 Å². The molecule has 20 heavy (non-hydrogen) atoms. The summed E-state index contributed by atoms with van der Waals surface area (Å²) in [5.41, 5.74) is 8.30. The van der Waals surface area contributed by atoms with Gasteiger partial charge in [-0.1, -0.05) is 31.2 Å². The number of likely N-dealkylation sites (tertiary alicyclic amines) is 1. The Morgan fingerprint density at radius 1 is 1.30 bits per heavy atom. The number of nitrogens with zero attached hydrogens (tertiary/aromatic N) is 1. The maximum absolute atomic E-state index is 12.2. The highest BCUT2D eigenvalue weighted by atomic mass is 35.5. The lowest BCUT2D eigenvalue weighted by atomic mass is 10.1. The number of hydrogen-bond donors (Lipinski definition) is 1. The van der Waals surface area contributed by atoms with Crippen LogP contribution in [0.1, 0.15) is 37.3 Å². The van der Waals surface area contributed by atoms with Crippen molar-refractivity contribution in [3.8, 4) is 0 Å². The molecular weight excluding hydrogens is 272 g/mol. The van der Waals surface area contributed by atoms with Gasteiger partial charge in [-0.2, -0.15) is 0 Å². The molecule has 2 rings (SSSR count). The lowest BCUT2D eigenvalue weighted by Crippen LogP contribution is -2.39. The van der Waals surface area contributed by atoms with Crippen LogP contribution in [0.25, 0.3) is 0 Å². The van der Waals surface area contributed by atoms with Crippen molar-refractivity contribution >= 4 is 18.3 Å². The van der Waals surface area contributed by atoms with Gasteiger partial charge in [0.05, 0.1) is 0 Å². The predicted octanol–water partition coefficient (Wildman–Crippen LogP) is 2.55. The van der Waals surface area contributed by atoms with Crippen molar-refractivity contribution in [2.45, 2.75) is 45.1 Å². The van der Waals surface area contributed by atoms with Gasteiger partial charge in [-0.05, 0) is 36.8 Å². The Hall–Kier alpha value is -1.06. The van der Waals surface area contributed by atoms with Crippen molar-refractivity contribution in [3.05, 3.63) is 35.4 Å². The topological polar surface area (TPSA) is 46.3 Å². The third-order valence-corrected chi connectivity index (χ3v) is 4.03. The third kappa shape index (κ3) is 4.22. The van der Waals surface area contributed by atoms with Gasteiger partial charge in [0.25, 0.3) is 0 Å². The van der Waals surface area contributed by atoms with Crippen LogP contribution in [0.2, 0.25) is 0 Å². The van der Waals surface area contributed by atoms with E-state index in [0.717, 1.165) is 32.2 Å². The first kappa shape index (κ1) is 17.0. The summed E-state index contributed by atoms with van der Waals surface area (Å²) in [4.78, 5) is 14.2. The number of aryl methyl sites for hydroxylation is 2. The molecule has 3 nitrogen and oxygen atoms in total. The van der Waals surface area contributed by atoms with Crippen LogP contribution in [0.15, 0.2) is 24.3 Å². The SMILES string of the molecule is CCc1ccc(CCC(=O)N2CCCC2CN)cc1.Cl. The zero-order valence-corrected chi connectivity index (χ0v) is 13.0. The lowest BCUT2D eigenvalue weighted by molar-refractivity contribution is -0.131. The van der Waals surface area contributed by atoms with E-state index in [1.165, 1.54) is 11.1 Å². The number of halogens is 1. The number of amides is 1. The van der Waals surface area contributed by atoms with E-state index in [4.69, 9.17) is 5.73 Å². The second kappa shape index (κ2) is 8.28. The summed E-state index contributed by atoms with van der Waals surface area (Å²) in [6.07, 6.45) is 4.65. The molecule has 1 amide bonds. The van der Waals surface area contributed by atoms with E-state index in [0.29, 0.717) is 13.0 Å². The van der Waals surface area contributed by atoms with Gasteiger partial charge in [-0.15, -0.1) is 12.4 Å². The number of hydrogen-bond acceptors (Lipinski definition) is 2. The van der Waals surface area contributed by atoms with Crippen LogP contribution in [0.5, 0.6) is 0 Å². The van der Waals surface area contributed by atoms with Gasteiger partial charge in [-0.3, -0.25) is 4.79 Å². The third-order valence-electron chi connectivity index (χ3n) is 4.03. The summed E-state index contributed by atoms with van der Waals surface area (Å²) in [6, 6.07) is 8.85. The Bertz CT molecular complexity index is 419. The van der Waals surface area contributed by atoms with Gasteiger partial charge in [0.15, 0.2) is 0 Å². The first-order chi connectivity index (χ1) is 9.24. The first-order valence-electron chi connectivity index (χ1n) is 7.32. The summed E-state index contributed by atoms with van der Waals surface area (Å²) in [5.74, 6) is 0.257. The van der Waals surface area contributed by atoms with E-state index in [1.54, 1.807) is 0 Å². The summed E-state index contributed by atoms with van der Waals surface area (Å²) < 4.78 is 0. The summed E-state index contributed by atoms with van der Waals surface area (Å²) in [5, 5.41) is 0. The highest BCUT2D eigenvalue weighted by molar-refractivity contribution is 5.85. The molecule has 1 atom stereocenters. The van der Waals surface area contributed by atoms with Crippen LogP contribution >= 0.6 is 12.4 Å². The molecule has 1 aliphatic heterocycles. The molecule has 1 unspecified atom stereocenters. The molecule has 0 spiro atoms. The van der Waals surface area contributed by atoms with Crippen LogP contribution in [0.3, 0.4) is 0 Å². The van der Waals surface area contributed by atoms with Crippen molar-refractivity contribution in [1.29, 1.82) is 0 Å². The monoisotopic (exact) mass is 296 g/mol. The Labute approximate surface area is 127 Å². The smallest absolute Gasteiger partial charge is 0.223 e. The number of benzene rings is 1. The Kier molecular flexibility index (Phi) is 7.03. The van der Waals surface area contributed by atoms with Gasteiger partial charge >= 0.3 is 0 Å². The Balaban J connectivity index is 0.00000200. The summed E-state index contributed by atoms with van der Waals surface area (Å²) in [6.45, 7) is 3.63. The van der Waals surface area contributed by atoms with Crippen LogP contribution < -0.4 is 5.73 Å². The van der Waals surface area contributed by atoms with Gasteiger partial charge in [0.2, 0.25) is 5.91 Å². The molecule has 0 aromatic heterocycles. The average Bonchev–Trinajstić information content (AvgIpc) is 2.93. The molecule has 1 fully saturated rings. The molecule has 0 radical (unpaired) electrons. The number of carbonyl (C=O) groups excluding carboxylic acids is 1. The average molecular weight is 297 g/mol. The van der Waals surface area contributed by atoms with Crippen molar-refractivity contribution in [3.63, 3.8) is 0 Å². The van der Waals surface area contributed by atoms with Gasteiger partial charge < -0.3 is 10.6 Å². The normalized spacial score (nSPS) is 17.9. The molecule has 2 N–H and O–H groups in total. The van der Waals surface area contributed by atoms with Crippen molar-refractivity contribution in [2.75, 3.05) is 13.1 Å². The molecule has 0 bridgehead atoms. The van der Waals surface area contributed by atoms with Crippen molar-refractivity contribution in [1.82, 2.24) is 4.90 Å². The standard InChI is InChI=1S/C16H24N2O.ClH/c1-2-13-5-7-14(8-6-13)9-10-16(19)18-11-3-4-15(18)12-17;/h5-8,15H,2-4,9-12,17H2,1H3;1H. The second-order valence-electron chi connectivity index (χ2n) is 5.29. The molecule has 0 aliphatic carbocycles. The minimum absolute atomic E-state index is 0. The fourth-order valence-corrected chi connectivity index (χ4v) is 2.75. The van der Waals surface area contributed by atoms with E-state index in [9.17, 15) is 4.79 Å². The zero-order chi connectivity index (χ0) is 13.7. The fourth-order valence-electron chi connectivity index (χ4n) is 2.75. The van der Waals surface area contributed by atoms with Gasteiger partial charge in [0.1, 0.15) is 0 Å². The van der Waals surface area contributed by atoms with Crippen molar-refractivity contribution in [2.24, 2.45) is 5.73 Å². The van der Waals surface area contributed by atoms with Crippen LogP contribution in [-0.4, -0.2) is 29.9 Å². The molecule has 1 saturated heterocycles. The predicted molar refractivity (Wildman–Crippen MR) is 85.2 cm³/mol. The van der Waals surface area contributed by atoms with Gasteiger partial charge in [-0.25, -0.2) is 0 Å². The molecule has 1 aromatic carbocycles. The molecule has 1 aromatic rings. The highest BCUT2D eigenvalue weighted by Gasteiger charge is 2.26. The molecule has 112 valence electrons. The molecular formula is C16H25ClN2O. The minimum Gasteiger partial charge on any atom is -0.338 e. The Morgan fingerprint density at radius 3 is 2.55 bits per heavy atom. The molecule has 0 saturated carbocycles. The summed E-state index contributed by atoms with van der Waals surface area (Å²) in [7, 11) is 0. The van der Waals surface area contributed by atoms with Crippen molar-refractivity contribution < 1.29 is 4.79 Å².